The number of allylic oxidation sites excluding steroid dienone is 6. The molecule has 0 aromatic heterocycles. The predicted octanol–water partition coefficient (Wildman–Crippen LogP) is 11.7. The zero-order valence-electron chi connectivity index (χ0n) is 37.8. The third kappa shape index (κ3) is 38.8. The first-order valence-electron chi connectivity index (χ1n) is 23.5. The smallest absolute Gasteiger partial charge is 0.306 e. The minimum atomic E-state index is -1.13. The fourth-order valence-electron chi connectivity index (χ4n) is 6.91. The van der Waals surface area contributed by atoms with E-state index in [4.69, 9.17) is 14.2 Å². The molecule has 0 N–H and O–H groups in total. The van der Waals surface area contributed by atoms with Crippen LogP contribution in [-0.2, 0) is 28.6 Å². The van der Waals surface area contributed by atoms with Crippen LogP contribution < -0.4 is 5.11 Å². The Morgan fingerprint density at radius 2 is 0.982 bits per heavy atom. The van der Waals surface area contributed by atoms with E-state index in [1.54, 1.807) is 21.1 Å². The number of carboxylic acids is 1. The molecule has 8 heteroatoms. The largest absolute Gasteiger partial charge is 0.544 e. The van der Waals surface area contributed by atoms with Gasteiger partial charge >= 0.3 is 11.9 Å². The molecule has 0 spiro atoms. The number of ether oxygens (including phenoxy) is 3. The molecule has 0 saturated heterocycles. The monoisotopic (exact) mass is 804 g/mol. The van der Waals surface area contributed by atoms with Crippen molar-refractivity contribution in [2.45, 2.75) is 219 Å². The number of aliphatic carboxylic acids is 1. The van der Waals surface area contributed by atoms with Gasteiger partial charge in [0.1, 0.15) is 12.6 Å². The zero-order chi connectivity index (χ0) is 42.1. The molecule has 0 fully saturated rings. The highest BCUT2D eigenvalue weighted by Gasteiger charge is 2.25. The summed E-state index contributed by atoms with van der Waals surface area (Å²) in [6, 6.07) is -0.729. The maximum atomic E-state index is 12.7. The first-order valence-corrected chi connectivity index (χ1v) is 23.5. The van der Waals surface area contributed by atoms with Crippen molar-refractivity contribution in [1.82, 2.24) is 0 Å². The van der Waals surface area contributed by atoms with Gasteiger partial charge in [0.25, 0.3) is 0 Å². The minimum Gasteiger partial charge on any atom is -0.544 e. The van der Waals surface area contributed by atoms with Gasteiger partial charge in [0.05, 0.1) is 40.3 Å². The van der Waals surface area contributed by atoms with E-state index in [1.165, 1.54) is 109 Å². The van der Waals surface area contributed by atoms with Gasteiger partial charge in [-0.25, -0.2) is 0 Å². The highest BCUT2D eigenvalue weighted by molar-refractivity contribution is 5.70. The quantitative estimate of drug-likeness (QED) is 0.0262. The molecule has 0 aliphatic rings. The minimum absolute atomic E-state index is 0.0311. The fraction of sp³-hybridized carbons (Fsp3) is 0.816. The number of carboxylic acid groups (broad SMARTS) is 1. The Hall–Kier alpha value is -2.45. The van der Waals surface area contributed by atoms with Crippen LogP contribution in [0.3, 0.4) is 0 Å². The number of esters is 2. The average molecular weight is 804 g/mol. The highest BCUT2D eigenvalue weighted by Crippen LogP contribution is 2.16. The van der Waals surface area contributed by atoms with E-state index in [2.05, 4.69) is 50.3 Å². The summed E-state index contributed by atoms with van der Waals surface area (Å²) in [7, 11) is 5.40. The Morgan fingerprint density at radius 1 is 0.544 bits per heavy atom. The molecule has 0 amide bonds. The number of nitrogens with zero attached hydrogens (tertiary/aromatic N) is 1. The van der Waals surface area contributed by atoms with Crippen molar-refractivity contribution in [3.05, 3.63) is 36.5 Å². The molecule has 0 radical (unpaired) electrons. The number of hydrogen-bond donors (Lipinski definition) is 0. The number of carbonyl (C=O) groups excluding carboxylic acids is 3. The van der Waals surface area contributed by atoms with Crippen molar-refractivity contribution < 1.29 is 38.2 Å². The summed E-state index contributed by atoms with van der Waals surface area (Å²) >= 11 is 0. The van der Waals surface area contributed by atoms with Crippen LogP contribution in [0.5, 0.6) is 0 Å². The van der Waals surface area contributed by atoms with Crippen LogP contribution in [0.4, 0.5) is 0 Å². The predicted molar refractivity (Wildman–Crippen MR) is 236 cm³/mol. The number of rotatable bonds is 42. The molecular weight excluding hydrogens is 715 g/mol. The molecule has 8 nitrogen and oxygen atoms in total. The molecule has 0 saturated carbocycles. The molecule has 0 rings (SSSR count). The second-order valence-electron chi connectivity index (χ2n) is 17.0. The van der Waals surface area contributed by atoms with Gasteiger partial charge in [0.15, 0.2) is 6.10 Å². The summed E-state index contributed by atoms with van der Waals surface area (Å²) in [6.07, 6.45) is 46.1. The molecule has 0 aromatic rings. The third-order valence-corrected chi connectivity index (χ3v) is 10.5. The normalized spacial score (nSPS) is 13.2. The molecule has 0 aliphatic carbocycles. The van der Waals surface area contributed by atoms with Crippen LogP contribution in [0.1, 0.15) is 206 Å². The van der Waals surface area contributed by atoms with Crippen LogP contribution in [0.15, 0.2) is 36.5 Å². The summed E-state index contributed by atoms with van der Waals surface area (Å²) in [6.45, 7) is 4.54. The Kier molecular flexibility index (Phi) is 38.6. The van der Waals surface area contributed by atoms with E-state index in [0.29, 0.717) is 6.42 Å². The molecule has 2 atom stereocenters. The van der Waals surface area contributed by atoms with Gasteiger partial charge in [-0.1, -0.05) is 179 Å². The lowest BCUT2D eigenvalue weighted by Gasteiger charge is -2.34. The van der Waals surface area contributed by atoms with Crippen LogP contribution in [0, 0.1) is 0 Å². The first kappa shape index (κ1) is 54.6. The van der Waals surface area contributed by atoms with Gasteiger partial charge in [-0.15, -0.1) is 0 Å². The molecule has 0 heterocycles. The summed E-state index contributed by atoms with van der Waals surface area (Å²) in [5.41, 5.74) is 0. The lowest BCUT2D eigenvalue weighted by Crippen LogP contribution is -2.55. The van der Waals surface area contributed by atoms with Crippen molar-refractivity contribution in [2.75, 3.05) is 41.0 Å². The average Bonchev–Trinajstić information content (AvgIpc) is 3.17. The van der Waals surface area contributed by atoms with E-state index < -0.39 is 18.1 Å². The summed E-state index contributed by atoms with van der Waals surface area (Å²) < 4.78 is 17.2. The number of unbranched alkanes of at least 4 members (excludes halogenated alkanes) is 22. The van der Waals surface area contributed by atoms with Gasteiger partial charge < -0.3 is 28.6 Å². The SMILES string of the molecule is CC/C=C\C/C=C\C/C=C\CCCCCC(=O)OC(COCCC(C(=O)[O-])[N+](C)(C)C)COC(=O)CCCCCCCCCCCCCCCCCCCCCC. The van der Waals surface area contributed by atoms with Crippen molar-refractivity contribution in [1.29, 1.82) is 0 Å². The van der Waals surface area contributed by atoms with Crippen LogP contribution in [-0.4, -0.2) is 75.5 Å². The fourth-order valence-corrected chi connectivity index (χ4v) is 6.91. The lowest BCUT2D eigenvalue weighted by molar-refractivity contribution is -0.889. The molecule has 57 heavy (non-hydrogen) atoms. The van der Waals surface area contributed by atoms with Crippen molar-refractivity contribution in [3.63, 3.8) is 0 Å². The van der Waals surface area contributed by atoms with Crippen LogP contribution >= 0.6 is 0 Å². The maximum absolute atomic E-state index is 12.7. The zero-order valence-corrected chi connectivity index (χ0v) is 37.8. The van der Waals surface area contributed by atoms with E-state index in [0.717, 1.165) is 64.2 Å². The Labute approximate surface area is 351 Å². The van der Waals surface area contributed by atoms with E-state index in [-0.39, 0.29) is 49.1 Å². The lowest BCUT2D eigenvalue weighted by atomic mass is 10.0. The second kappa shape index (κ2) is 40.3. The summed E-state index contributed by atoms with van der Waals surface area (Å²) in [5, 5.41) is 11.6. The van der Waals surface area contributed by atoms with Gasteiger partial charge in [0.2, 0.25) is 0 Å². The molecule has 2 unspecified atom stereocenters. The molecular formula is C49H89NO7. The molecule has 332 valence electrons. The number of carbonyl (C=O) groups is 3. The number of likely N-dealkylation sites (N-methyl/N-ethyl adjacent to an activating group) is 1. The van der Waals surface area contributed by atoms with Crippen LogP contribution in [0.25, 0.3) is 0 Å². The standard InChI is InChI=1S/C49H89NO7/c1-6-8-10-12-14-16-18-20-21-22-23-24-25-26-28-29-31-33-35-37-39-47(51)56-44-45(43-55-42-41-46(49(53)54)50(3,4)5)57-48(52)40-38-36-34-32-30-27-19-17-15-13-11-9-7-2/h9,11,15,17,27,30,45-46H,6-8,10,12-14,16,18-26,28-29,31-44H2,1-5H3/b11-9-,17-15-,30-27-. The summed E-state index contributed by atoms with van der Waals surface area (Å²) in [5.74, 6) is -1.77. The Balaban J connectivity index is 4.25. The van der Waals surface area contributed by atoms with E-state index in [9.17, 15) is 19.5 Å². The van der Waals surface area contributed by atoms with Gasteiger partial charge in [-0.05, 0) is 44.9 Å². The number of quaternary nitrogens is 1. The van der Waals surface area contributed by atoms with Gasteiger partial charge in [0, 0.05) is 19.3 Å². The molecule has 0 aliphatic heterocycles. The Morgan fingerprint density at radius 3 is 1.46 bits per heavy atom. The third-order valence-electron chi connectivity index (χ3n) is 10.5. The molecule has 0 bridgehead atoms. The van der Waals surface area contributed by atoms with Gasteiger partial charge in [-0.2, -0.15) is 0 Å². The van der Waals surface area contributed by atoms with Crippen molar-refractivity contribution >= 4 is 17.9 Å². The second-order valence-corrected chi connectivity index (χ2v) is 17.0. The van der Waals surface area contributed by atoms with Crippen molar-refractivity contribution in [2.24, 2.45) is 0 Å². The van der Waals surface area contributed by atoms with E-state index in [1.807, 2.05) is 0 Å². The molecule has 0 aromatic carbocycles. The maximum Gasteiger partial charge on any atom is 0.306 e. The topological polar surface area (TPSA) is 102 Å². The van der Waals surface area contributed by atoms with Crippen LogP contribution in [0.2, 0.25) is 0 Å². The highest BCUT2D eigenvalue weighted by atomic mass is 16.6. The first-order chi connectivity index (χ1) is 27.6. The summed E-state index contributed by atoms with van der Waals surface area (Å²) in [4.78, 5) is 36.9. The van der Waals surface area contributed by atoms with Crippen molar-refractivity contribution in [3.8, 4) is 0 Å². The van der Waals surface area contributed by atoms with Gasteiger partial charge in [-0.3, -0.25) is 9.59 Å². The van der Waals surface area contributed by atoms with E-state index >= 15 is 0 Å². The Bertz CT molecular complexity index is 1030. The number of hydrogen-bond acceptors (Lipinski definition) is 7.